The highest BCUT2D eigenvalue weighted by Crippen LogP contribution is 2.13. The number of nitrogens with zero attached hydrogens (tertiary/aromatic N) is 4. The van der Waals surface area contributed by atoms with E-state index in [2.05, 4.69) is 10.3 Å². The van der Waals surface area contributed by atoms with Gasteiger partial charge in [0.15, 0.2) is 0 Å². The van der Waals surface area contributed by atoms with Crippen LogP contribution < -0.4 is 0 Å². The molecule has 1 unspecified atom stereocenters. The summed E-state index contributed by atoms with van der Waals surface area (Å²) in [5.74, 6) is 0.0674. The van der Waals surface area contributed by atoms with E-state index in [4.69, 9.17) is 4.74 Å². The molecule has 1 aliphatic heterocycles. The van der Waals surface area contributed by atoms with Gasteiger partial charge >= 0.3 is 0 Å². The zero-order valence-electron chi connectivity index (χ0n) is 12.7. The Kier molecular flexibility index (Phi) is 4.48. The van der Waals surface area contributed by atoms with Gasteiger partial charge in [-0.25, -0.2) is 4.68 Å². The van der Waals surface area contributed by atoms with Crippen molar-refractivity contribution in [2.45, 2.75) is 26.0 Å². The molecule has 0 spiro atoms. The molecular weight excluding hydrogens is 280 g/mol. The van der Waals surface area contributed by atoms with E-state index in [-0.39, 0.29) is 12.0 Å². The molecule has 1 atom stereocenters. The molecule has 1 fully saturated rings. The monoisotopic (exact) mass is 300 g/mol. The summed E-state index contributed by atoms with van der Waals surface area (Å²) in [4.78, 5) is 14.6. The molecule has 1 aromatic carbocycles. The lowest BCUT2D eigenvalue weighted by Gasteiger charge is -2.22. The van der Waals surface area contributed by atoms with Crippen LogP contribution in [0.2, 0.25) is 0 Å². The van der Waals surface area contributed by atoms with Crippen molar-refractivity contribution in [3.05, 3.63) is 47.8 Å². The standard InChI is InChI=1S/C16H20N4O2/c1-13-11-19(7-3-9-22-13)16(21)15-5-2-4-14(10-15)12-20-8-6-17-18-20/h2,4-6,8,10,13H,3,7,9,11-12H2,1H3. The van der Waals surface area contributed by atoms with Crippen LogP contribution in [-0.2, 0) is 11.3 Å². The normalized spacial score (nSPS) is 19.0. The Morgan fingerprint density at radius 3 is 3.18 bits per heavy atom. The number of amides is 1. The zero-order chi connectivity index (χ0) is 15.4. The Morgan fingerprint density at radius 2 is 2.36 bits per heavy atom. The molecule has 0 saturated carbocycles. The first-order chi connectivity index (χ1) is 10.7. The highest BCUT2D eigenvalue weighted by molar-refractivity contribution is 5.94. The Bertz CT molecular complexity index is 627. The van der Waals surface area contributed by atoms with Crippen LogP contribution in [0.1, 0.15) is 29.3 Å². The van der Waals surface area contributed by atoms with Crippen molar-refractivity contribution in [1.29, 1.82) is 0 Å². The smallest absolute Gasteiger partial charge is 0.253 e. The first-order valence-electron chi connectivity index (χ1n) is 7.56. The van der Waals surface area contributed by atoms with Gasteiger partial charge in [0.2, 0.25) is 0 Å². The van der Waals surface area contributed by atoms with Gasteiger partial charge in [0.05, 0.1) is 18.8 Å². The number of benzene rings is 1. The number of carbonyl (C=O) groups is 1. The van der Waals surface area contributed by atoms with Crippen molar-refractivity contribution in [3.8, 4) is 0 Å². The molecule has 1 saturated heterocycles. The fraction of sp³-hybridized carbons (Fsp3) is 0.438. The van der Waals surface area contributed by atoms with Gasteiger partial charge in [-0.15, -0.1) is 5.10 Å². The molecule has 0 N–H and O–H groups in total. The van der Waals surface area contributed by atoms with Crippen LogP contribution in [0.5, 0.6) is 0 Å². The van der Waals surface area contributed by atoms with Crippen molar-refractivity contribution >= 4 is 5.91 Å². The van der Waals surface area contributed by atoms with E-state index >= 15 is 0 Å². The van der Waals surface area contributed by atoms with Crippen molar-refractivity contribution in [2.24, 2.45) is 0 Å². The van der Waals surface area contributed by atoms with Gasteiger partial charge in [-0.1, -0.05) is 17.3 Å². The second-order valence-electron chi connectivity index (χ2n) is 5.59. The minimum absolute atomic E-state index is 0.0674. The topological polar surface area (TPSA) is 60.2 Å². The molecule has 22 heavy (non-hydrogen) atoms. The van der Waals surface area contributed by atoms with Crippen LogP contribution in [0.15, 0.2) is 36.7 Å². The van der Waals surface area contributed by atoms with Gasteiger partial charge in [0.25, 0.3) is 5.91 Å². The van der Waals surface area contributed by atoms with Crippen molar-refractivity contribution in [3.63, 3.8) is 0 Å². The molecule has 0 aliphatic carbocycles. The summed E-state index contributed by atoms with van der Waals surface area (Å²) in [6.07, 6.45) is 4.43. The number of hydrogen-bond acceptors (Lipinski definition) is 4. The molecular formula is C16H20N4O2. The summed E-state index contributed by atoms with van der Waals surface area (Å²) in [5, 5.41) is 7.74. The Labute approximate surface area is 129 Å². The van der Waals surface area contributed by atoms with Crippen LogP contribution in [0, 0.1) is 0 Å². The van der Waals surface area contributed by atoms with Crippen LogP contribution in [0.25, 0.3) is 0 Å². The minimum Gasteiger partial charge on any atom is -0.377 e. The highest BCUT2D eigenvalue weighted by atomic mass is 16.5. The quantitative estimate of drug-likeness (QED) is 0.863. The third-order valence-corrected chi connectivity index (χ3v) is 3.73. The third kappa shape index (κ3) is 3.51. The molecule has 116 valence electrons. The van der Waals surface area contributed by atoms with Crippen molar-refractivity contribution < 1.29 is 9.53 Å². The second kappa shape index (κ2) is 6.70. The maximum atomic E-state index is 12.7. The molecule has 6 nitrogen and oxygen atoms in total. The van der Waals surface area contributed by atoms with Crippen LogP contribution >= 0.6 is 0 Å². The van der Waals surface area contributed by atoms with Gasteiger partial charge in [0.1, 0.15) is 0 Å². The molecule has 1 amide bonds. The number of aromatic nitrogens is 3. The summed E-state index contributed by atoms with van der Waals surface area (Å²) in [6.45, 7) is 4.73. The molecule has 3 rings (SSSR count). The van der Waals surface area contributed by atoms with Gasteiger partial charge < -0.3 is 9.64 Å². The zero-order valence-corrected chi connectivity index (χ0v) is 12.7. The van der Waals surface area contributed by atoms with Crippen molar-refractivity contribution in [2.75, 3.05) is 19.7 Å². The summed E-state index contributed by atoms with van der Waals surface area (Å²) >= 11 is 0. The van der Waals surface area contributed by atoms with E-state index in [0.717, 1.165) is 25.1 Å². The van der Waals surface area contributed by atoms with Crippen molar-refractivity contribution in [1.82, 2.24) is 19.9 Å². The van der Waals surface area contributed by atoms with Gasteiger partial charge in [-0.05, 0) is 31.0 Å². The molecule has 1 aromatic heterocycles. The number of carbonyl (C=O) groups excluding carboxylic acids is 1. The second-order valence-corrected chi connectivity index (χ2v) is 5.59. The lowest BCUT2D eigenvalue weighted by Crippen LogP contribution is -2.35. The number of rotatable bonds is 3. The fourth-order valence-electron chi connectivity index (χ4n) is 2.67. The highest BCUT2D eigenvalue weighted by Gasteiger charge is 2.21. The van der Waals surface area contributed by atoms with E-state index in [9.17, 15) is 4.79 Å². The molecule has 2 heterocycles. The predicted octanol–water partition coefficient (Wildman–Crippen LogP) is 1.58. The minimum atomic E-state index is 0.0674. The average Bonchev–Trinajstić information content (AvgIpc) is 2.93. The first-order valence-corrected chi connectivity index (χ1v) is 7.56. The van der Waals surface area contributed by atoms with E-state index in [1.54, 1.807) is 10.9 Å². The van der Waals surface area contributed by atoms with E-state index < -0.39 is 0 Å². The summed E-state index contributed by atoms with van der Waals surface area (Å²) in [5.41, 5.74) is 1.75. The van der Waals surface area contributed by atoms with Gasteiger partial charge in [0, 0.05) is 31.5 Å². The van der Waals surface area contributed by atoms with E-state index in [1.165, 1.54) is 0 Å². The maximum Gasteiger partial charge on any atom is 0.253 e. The molecule has 1 aliphatic rings. The Morgan fingerprint density at radius 1 is 1.45 bits per heavy atom. The molecule has 2 aromatic rings. The fourth-order valence-corrected chi connectivity index (χ4v) is 2.67. The average molecular weight is 300 g/mol. The van der Waals surface area contributed by atoms with Crippen LogP contribution in [-0.4, -0.2) is 51.6 Å². The predicted molar refractivity (Wildman–Crippen MR) is 81.5 cm³/mol. The summed E-state index contributed by atoms with van der Waals surface area (Å²) in [6, 6.07) is 7.70. The third-order valence-electron chi connectivity index (χ3n) is 3.73. The Hall–Kier alpha value is -2.21. The van der Waals surface area contributed by atoms with E-state index in [1.807, 2.05) is 42.3 Å². The number of ether oxygens (including phenoxy) is 1. The van der Waals surface area contributed by atoms with Gasteiger partial charge in [-0.2, -0.15) is 0 Å². The van der Waals surface area contributed by atoms with E-state index in [0.29, 0.717) is 18.7 Å². The molecule has 0 radical (unpaired) electrons. The molecule has 6 heteroatoms. The molecule has 0 bridgehead atoms. The van der Waals surface area contributed by atoms with Crippen LogP contribution in [0.4, 0.5) is 0 Å². The Balaban J connectivity index is 1.74. The first kappa shape index (κ1) is 14.7. The lowest BCUT2D eigenvalue weighted by molar-refractivity contribution is 0.0562. The summed E-state index contributed by atoms with van der Waals surface area (Å²) < 4.78 is 7.34. The van der Waals surface area contributed by atoms with Gasteiger partial charge in [-0.3, -0.25) is 4.79 Å². The number of hydrogen-bond donors (Lipinski definition) is 0. The SMILES string of the molecule is CC1CN(C(=O)c2cccc(Cn3ccnn3)c2)CCCO1. The van der Waals surface area contributed by atoms with Crippen LogP contribution in [0.3, 0.4) is 0 Å². The lowest BCUT2D eigenvalue weighted by atomic mass is 10.1. The largest absolute Gasteiger partial charge is 0.377 e. The summed E-state index contributed by atoms with van der Waals surface area (Å²) in [7, 11) is 0. The maximum absolute atomic E-state index is 12.7.